The summed E-state index contributed by atoms with van der Waals surface area (Å²) in [6.45, 7) is 4.28. The molecule has 0 fully saturated rings. The normalized spacial score (nSPS) is 10.4. The second kappa shape index (κ2) is 5.31. The molecule has 1 aromatic carbocycles. The molecule has 0 aliphatic rings. The highest BCUT2D eigenvalue weighted by Gasteiger charge is 2.11. The number of hydrogen-bond acceptors (Lipinski definition) is 2. The van der Waals surface area contributed by atoms with Crippen LogP contribution in [0.2, 0.25) is 0 Å². The summed E-state index contributed by atoms with van der Waals surface area (Å²) in [5, 5.41) is 2.73. The van der Waals surface area contributed by atoms with Crippen LogP contribution >= 0.6 is 11.3 Å². The third-order valence-corrected chi connectivity index (χ3v) is 3.59. The van der Waals surface area contributed by atoms with Crippen LogP contribution in [0.15, 0.2) is 30.3 Å². The zero-order chi connectivity index (χ0) is 13.1. The van der Waals surface area contributed by atoms with Crippen LogP contribution in [0.4, 0.5) is 4.39 Å². The molecule has 0 radical (unpaired) electrons. The fraction of sp³-hybridized carbons (Fsp3) is 0.214. The lowest BCUT2D eigenvalue weighted by Crippen LogP contribution is -2.23. The van der Waals surface area contributed by atoms with Crippen molar-refractivity contribution >= 4 is 17.2 Å². The molecule has 2 aromatic rings. The maximum absolute atomic E-state index is 13.5. The number of carbonyl (C=O) groups excluding carboxylic acids is 1. The van der Waals surface area contributed by atoms with Crippen molar-refractivity contribution in [1.82, 2.24) is 5.32 Å². The van der Waals surface area contributed by atoms with Crippen LogP contribution in [-0.2, 0) is 6.54 Å². The van der Waals surface area contributed by atoms with Crippen molar-refractivity contribution < 1.29 is 9.18 Å². The molecule has 2 nitrogen and oxygen atoms in total. The van der Waals surface area contributed by atoms with Gasteiger partial charge in [0.05, 0.1) is 12.1 Å². The van der Waals surface area contributed by atoms with Gasteiger partial charge in [-0.15, -0.1) is 11.3 Å². The van der Waals surface area contributed by atoms with Gasteiger partial charge in [0.15, 0.2) is 0 Å². The molecular formula is C14H14FNOS. The lowest BCUT2D eigenvalue weighted by molar-refractivity contribution is 0.0947. The topological polar surface area (TPSA) is 29.1 Å². The zero-order valence-corrected chi connectivity index (χ0v) is 11.1. The monoisotopic (exact) mass is 263 g/mol. The van der Waals surface area contributed by atoms with E-state index in [9.17, 15) is 9.18 Å². The molecule has 0 aliphatic heterocycles. The van der Waals surface area contributed by atoms with Gasteiger partial charge >= 0.3 is 0 Å². The number of halogens is 1. The first-order valence-corrected chi connectivity index (χ1v) is 6.47. The largest absolute Gasteiger partial charge is 0.347 e. The summed E-state index contributed by atoms with van der Waals surface area (Å²) >= 11 is 1.62. The molecule has 0 spiro atoms. The fourth-order valence-electron chi connectivity index (χ4n) is 1.66. The Morgan fingerprint density at radius 1 is 1.28 bits per heavy atom. The first-order chi connectivity index (χ1) is 8.56. The van der Waals surface area contributed by atoms with Gasteiger partial charge in [0.1, 0.15) is 5.82 Å². The van der Waals surface area contributed by atoms with Gasteiger partial charge in [0.25, 0.3) is 5.91 Å². The van der Waals surface area contributed by atoms with Gasteiger partial charge in [-0.05, 0) is 38.1 Å². The van der Waals surface area contributed by atoms with Gasteiger partial charge < -0.3 is 5.32 Å². The molecule has 0 unspecified atom stereocenters. The Morgan fingerprint density at radius 3 is 2.72 bits per heavy atom. The summed E-state index contributed by atoms with van der Waals surface area (Å²) in [5.41, 5.74) is 0.969. The second-order valence-corrected chi connectivity index (χ2v) is 5.55. The summed E-state index contributed by atoms with van der Waals surface area (Å²) in [4.78, 5) is 14.1. The molecule has 0 atom stereocenters. The Bertz CT molecular complexity index is 577. The van der Waals surface area contributed by atoms with E-state index in [1.54, 1.807) is 23.5 Å². The average Bonchev–Trinajstić information content (AvgIpc) is 2.75. The second-order valence-electron chi connectivity index (χ2n) is 4.18. The molecule has 94 valence electrons. The minimum atomic E-state index is -0.486. The summed E-state index contributed by atoms with van der Waals surface area (Å²) in [7, 11) is 0. The molecule has 18 heavy (non-hydrogen) atoms. The van der Waals surface area contributed by atoms with E-state index in [2.05, 4.69) is 5.32 Å². The zero-order valence-electron chi connectivity index (χ0n) is 10.3. The predicted octanol–water partition coefficient (Wildman–Crippen LogP) is 3.43. The highest BCUT2D eigenvalue weighted by atomic mass is 32.1. The Labute approximate surface area is 109 Å². The Kier molecular flexibility index (Phi) is 3.77. The van der Waals surface area contributed by atoms with Gasteiger partial charge in [0, 0.05) is 9.75 Å². The summed E-state index contributed by atoms with van der Waals surface area (Å²) in [6, 6.07) is 8.49. The van der Waals surface area contributed by atoms with Crippen LogP contribution in [0.5, 0.6) is 0 Å². The summed E-state index contributed by atoms with van der Waals surface area (Å²) < 4.78 is 13.5. The number of carbonyl (C=O) groups is 1. The number of nitrogens with one attached hydrogen (secondary N) is 1. The first kappa shape index (κ1) is 12.8. The molecule has 0 saturated carbocycles. The van der Waals surface area contributed by atoms with Crippen molar-refractivity contribution in [3.8, 4) is 0 Å². The van der Waals surface area contributed by atoms with Gasteiger partial charge in [-0.3, -0.25) is 4.79 Å². The van der Waals surface area contributed by atoms with Crippen LogP contribution in [0, 0.1) is 19.7 Å². The number of hydrogen-bond donors (Lipinski definition) is 1. The van der Waals surface area contributed by atoms with E-state index in [4.69, 9.17) is 0 Å². The predicted molar refractivity (Wildman–Crippen MR) is 71.4 cm³/mol. The smallest absolute Gasteiger partial charge is 0.254 e. The standard InChI is InChI=1S/C14H14FNOS/c1-9-3-6-13(15)12(7-9)14(17)16-8-11-5-4-10(2)18-11/h3-7H,8H2,1-2H3,(H,16,17). The lowest BCUT2D eigenvalue weighted by atomic mass is 10.1. The number of amides is 1. The van der Waals surface area contributed by atoms with Crippen LogP contribution < -0.4 is 5.32 Å². The number of rotatable bonds is 3. The van der Waals surface area contributed by atoms with Crippen molar-refractivity contribution in [2.75, 3.05) is 0 Å². The van der Waals surface area contributed by atoms with E-state index in [1.165, 1.54) is 10.9 Å². The maximum atomic E-state index is 13.5. The van der Waals surface area contributed by atoms with Crippen LogP contribution in [0.3, 0.4) is 0 Å². The molecule has 0 bridgehead atoms. The summed E-state index contributed by atoms with van der Waals surface area (Å²) in [5.74, 6) is -0.859. The van der Waals surface area contributed by atoms with Crippen LogP contribution in [0.1, 0.15) is 25.7 Å². The molecule has 1 aromatic heterocycles. The Balaban J connectivity index is 2.05. The van der Waals surface area contributed by atoms with Crippen molar-refractivity contribution in [2.45, 2.75) is 20.4 Å². The number of thiophene rings is 1. The van der Waals surface area contributed by atoms with Gasteiger partial charge in [0.2, 0.25) is 0 Å². The van der Waals surface area contributed by atoms with Gasteiger partial charge in [-0.1, -0.05) is 11.6 Å². The van der Waals surface area contributed by atoms with Crippen LogP contribution in [-0.4, -0.2) is 5.91 Å². The Hall–Kier alpha value is -1.68. The molecule has 1 amide bonds. The minimum absolute atomic E-state index is 0.100. The number of benzene rings is 1. The van der Waals surface area contributed by atoms with Crippen molar-refractivity contribution in [3.05, 3.63) is 57.0 Å². The molecule has 2 rings (SSSR count). The molecule has 1 N–H and O–H groups in total. The molecule has 0 aliphatic carbocycles. The number of aryl methyl sites for hydroxylation is 2. The lowest BCUT2D eigenvalue weighted by Gasteiger charge is -2.05. The van der Waals surface area contributed by atoms with E-state index in [0.29, 0.717) is 6.54 Å². The highest BCUT2D eigenvalue weighted by molar-refractivity contribution is 7.11. The van der Waals surface area contributed by atoms with Crippen molar-refractivity contribution in [3.63, 3.8) is 0 Å². The van der Waals surface area contributed by atoms with Gasteiger partial charge in [-0.25, -0.2) is 4.39 Å². The van der Waals surface area contributed by atoms with E-state index < -0.39 is 5.82 Å². The first-order valence-electron chi connectivity index (χ1n) is 5.66. The van der Waals surface area contributed by atoms with Gasteiger partial charge in [-0.2, -0.15) is 0 Å². The fourth-order valence-corrected chi connectivity index (χ4v) is 2.49. The van der Waals surface area contributed by atoms with Crippen LogP contribution in [0.25, 0.3) is 0 Å². The van der Waals surface area contributed by atoms with E-state index in [0.717, 1.165) is 10.4 Å². The highest BCUT2D eigenvalue weighted by Crippen LogP contribution is 2.15. The molecule has 1 heterocycles. The van der Waals surface area contributed by atoms with E-state index in [1.807, 2.05) is 26.0 Å². The minimum Gasteiger partial charge on any atom is -0.347 e. The SMILES string of the molecule is Cc1ccc(F)c(C(=O)NCc2ccc(C)s2)c1. The van der Waals surface area contributed by atoms with E-state index >= 15 is 0 Å². The molecule has 4 heteroatoms. The van der Waals surface area contributed by atoms with Crippen molar-refractivity contribution in [1.29, 1.82) is 0 Å². The molecule has 0 saturated heterocycles. The third-order valence-electron chi connectivity index (χ3n) is 2.59. The quantitative estimate of drug-likeness (QED) is 0.903. The average molecular weight is 263 g/mol. The van der Waals surface area contributed by atoms with Crippen molar-refractivity contribution in [2.24, 2.45) is 0 Å². The maximum Gasteiger partial charge on any atom is 0.254 e. The molecular weight excluding hydrogens is 249 g/mol. The Morgan fingerprint density at radius 2 is 2.06 bits per heavy atom. The van der Waals surface area contributed by atoms with E-state index in [-0.39, 0.29) is 11.5 Å². The summed E-state index contributed by atoms with van der Waals surface area (Å²) in [6.07, 6.45) is 0. The third kappa shape index (κ3) is 2.96.